The summed E-state index contributed by atoms with van der Waals surface area (Å²) < 4.78 is 5.15. The highest BCUT2D eigenvalue weighted by Gasteiger charge is 2.33. The van der Waals surface area contributed by atoms with Gasteiger partial charge in [-0.1, -0.05) is 0 Å². The first kappa shape index (κ1) is 18.5. The van der Waals surface area contributed by atoms with E-state index in [4.69, 9.17) is 10.2 Å². The summed E-state index contributed by atoms with van der Waals surface area (Å²) in [7, 11) is 0. The lowest BCUT2D eigenvalue weighted by Gasteiger charge is -2.34. The number of piperidine rings is 1. The van der Waals surface area contributed by atoms with Crippen LogP contribution in [0.3, 0.4) is 0 Å². The molecule has 1 saturated heterocycles. The van der Waals surface area contributed by atoms with Gasteiger partial charge >= 0.3 is 0 Å². The van der Waals surface area contributed by atoms with Crippen LogP contribution in [0.1, 0.15) is 43.2 Å². The number of nitrogens with two attached hydrogens (primary N) is 1. The fraction of sp³-hybridized carbons (Fsp3) is 0.600. The second-order valence-electron chi connectivity index (χ2n) is 5.54. The molecule has 2 unspecified atom stereocenters. The number of rotatable bonds is 5. The molecule has 0 radical (unpaired) electrons. The molecule has 2 atom stereocenters. The van der Waals surface area contributed by atoms with Crippen molar-refractivity contribution in [1.82, 2.24) is 10.2 Å². The Morgan fingerprint density at radius 2 is 2.27 bits per heavy atom. The monoisotopic (exact) mass is 329 g/mol. The summed E-state index contributed by atoms with van der Waals surface area (Å²) in [4.78, 5) is 26.3. The second-order valence-corrected chi connectivity index (χ2v) is 5.54. The first-order chi connectivity index (χ1) is 10.1. The van der Waals surface area contributed by atoms with E-state index in [1.807, 2.05) is 6.92 Å². The maximum Gasteiger partial charge on any atom is 0.290 e. The zero-order chi connectivity index (χ0) is 15.2. The van der Waals surface area contributed by atoms with Crippen LogP contribution in [0.2, 0.25) is 0 Å². The van der Waals surface area contributed by atoms with Crippen molar-refractivity contribution in [3.8, 4) is 0 Å². The Morgan fingerprint density at radius 1 is 1.50 bits per heavy atom. The normalized spacial score (nSPS) is 19.2. The van der Waals surface area contributed by atoms with Crippen molar-refractivity contribution < 1.29 is 14.0 Å². The number of nitrogens with zero attached hydrogens (tertiary/aromatic N) is 1. The van der Waals surface area contributed by atoms with Gasteiger partial charge in [0.05, 0.1) is 6.26 Å². The number of likely N-dealkylation sites (tertiary alicyclic amines) is 1. The largest absolute Gasteiger partial charge is 0.459 e. The summed E-state index contributed by atoms with van der Waals surface area (Å²) in [6, 6.07) is 2.94. The zero-order valence-corrected chi connectivity index (χ0v) is 13.6. The highest BCUT2D eigenvalue weighted by molar-refractivity contribution is 5.95. The summed E-state index contributed by atoms with van der Waals surface area (Å²) in [5, 5.41) is 2.87. The molecule has 1 aliphatic heterocycles. The number of carbonyl (C=O) groups is 2. The van der Waals surface area contributed by atoms with Crippen molar-refractivity contribution in [3.05, 3.63) is 24.2 Å². The fourth-order valence-corrected chi connectivity index (χ4v) is 2.53. The van der Waals surface area contributed by atoms with E-state index in [0.29, 0.717) is 19.5 Å². The van der Waals surface area contributed by atoms with Crippen LogP contribution in [0.15, 0.2) is 22.8 Å². The lowest BCUT2D eigenvalue weighted by Crippen LogP contribution is -2.52. The second kappa shape index (κ2) is 8.80. The van der Waals surface area contributed by atoms with Crippen LogP contribution in [0.5, 0.6) is 0 Å². The molecule has 0 saturated carbocycles. The van der Waals surface area contributed by atoms with E-state index in [0.717, 1.165) is 19.3 Å². The van der Waals surface area contributed by atoms with Crippen LogP contribution < -0.4 is 11.1 Å². The lowest BCUT2D eigenvalue weighted by molar-refractivity contribution is -0.126. The highest BCUT2D eigenvalue weighted by atomic mass is 35.5. The summed E-state index contributed by atoms with van der Waals surface area (Å²) >= 11 is 0. The average molecular weight is 330 g/mol. The van der Waals surface area contributed by atoms with Gasteiger partial charge in [0.1, 0.15) is 6.04 Å². The predicted molar refractivity (Wildman–Crippen MR) is 85.9 cm³/mol. The maximum atomic E-state index is 12.4. The molecule has 124 valence electrons. The Bertz CT molecular complexity index is 476. The van der Waals surface area contributed by atoms with Gasteiger partial charge < -0.3 is 20.4 Å². The molecule has 0 spiro atoms. The fourth-order valence-electron chi connectivity index (χ4n) is 2.53. The van der Waals surface area contributed by atoms with Crippen LogP contribution >= 0.6 is 12.4 Å². The first-order valence-electron chi connectivity index (χ1n) is 7.47. The van der Waals surface area contributed by atoms with Crippen molar-refractivity contribution in [2.24, 2.45) is 5.73 Å². The van der Waals surface area contributed by atoms with Gasteiger partial charge in [0.2, 0.25) is 5.91 Å². The smallest absolute Gasteiger partial charge is 0.290 e. The number of furan rings is 1. The summed E-state index contributed by atoms with van der Waals surface area (Å²) in [6.07, 6.45) is 4.75. The van der Waals surface area contributed by atoms with Crippen LogP contribution in [0.25, 0.3) is 0 Å². The molecule has 1 aliphatic rings. The topological polar surface area (TPSA) is 88.6 Å². The minimum atomic E-state index is -0.413. The van der Waals surface area contributed by atoms with Gasteiger partial charge in [-0.05, 0) is 44.7 Å². The van der Waals surface area contributed by atoms with E-state index >= 15 is 0 Å². The van der Waals surface area contributed by atoms with E-state index in [1.165, 1.54) is 6.26 Å². The van der Waals surface area contributed by atoms with Gasteiger partial charge in [-0.25, -0.2) is 0 Å². The minimum absolute atomic E-state index is 0. The van der Waals surface area contributed by atoms with Crippen molar-refractivity contribution >= 4 is 24.2 Å². The van der Waals surface area contributed by atoms with Gasteiger partial charge in [0, 0.05) is 19.1 Å². The quantitative estimate of drug-likeness (QED) is 0.857. The molecule has 6 nitrogen and oxygen atoms in total. The molecule has 0 bridgehead atoms. The first-order valence-corrected chi connectivity index (χ1v) is 7.47. The van der Waals surface area contributed by atoms with E-state index in [9.17, 15) is 9.59 Å². The van der Waals surface area contributed by atoms with Gasteiger partial charge in [0.25, 0.3) is 5.91 Å². The van der Waals surface area contributed by atoms with E-state index in [1.54, 1.807) is 17.0 Å². The Kier molecular flexibility index (Phi) is 7.41. The maximum absolute atomic E-state index is 12.4. The van der Waals surface area contributed by atoms with Gasteiger partial charge in [-0.15, -0.1) is 12.4 Å². The molecule has 1 fully saturated rings. The number of halogens is 1. The Labute approximate surface area is 136 Å². The van der Waals surface area contributed by atoms with E-state index in [-0.39, 0.29) is 36.0 Å². The lowest BCUT2D eigenvalue weighted by atomic mass is 10.0. The number of carbonyl (C=O) groups excluding carboxylic acids is 2. The average Bonchev–Trinajstić information content (AvgIpc) is 3.00. The van der Waals surface area contributed by atoms with E-state index < -0.39 is 6.04 Å². The standard InChI is InChI=1S/C15H23N3O3.ClH/c1-11(16)7-8-17-14(19)12-5-2-3-9-18(12)15(20)13-6-4-10-21-13;/h4,6,10-12H,2-3,5,7-9,16H2,1H3,(H,17,19);1H. The Hall–Kier alpha value is -1.53. The molecular weight excluding hydrogens is 306 g/mol. The highest BCUT2D eigenvalue weighted by Crippen LogP contribution is 2.20. The molecule has 1 aromatic rings. The number of amides is 2. The Morgan fingerprint density at radius 3 is 2.91 bits per heavy atom. The van der Waals surface area contributed by atoms with Crippen LogP contribution in [0, 0.1) is 0 Å². The SMILES string of the molecule is CC(N)CCNC(=O)C1CCCCN1C(=O)c1ccco1.Cl. The molecule has 2 heterocycles. The summed E-state index contributed by atoms with van der Waals surface area (Å²) in [5.41, 5.74) is 5.67. The van der Waals surface area contributed by atoms with Gasteiger partial charge in [-0.3, -0.25) is 9.59 Å². The zero-order valence-electron chi connectivity index (χ0n) is 12.8. The molecule has 1 aromatic heterocycles. The summed E-state index contributed by atoms with van der Waals surface area (Å²) in [6.45, 7) is 3.03. The molecule has 7 heteroatoms. The van der Waals surface area contributed by atoms with Gasteiger partial charge in [0.15, 0.2) is 5.76 Å². The van der Waals surface area contributed by atoms with E-state index in [2.05, 4.69) is 5.32 Å². The van der Waals surface area contributed by atoms with Crippen molar-refractivity contribution in [2.75, 3.05) is 13.1 Å². The Balaban J connectivity index is 0.00000242. The van der Waals surface area contributed by atoms with Crippen molar-refractivity contribution in [3.63, 3.8) is 0 Å². The predicted octanol–water partition coefficient (Wildman–Crippen LogP) is 1.55. The molecule has 2 amide bonds. The molecule has 3 N–H and O–H groups in total. The third-order valence-electron chi connectivity index (χ3n) is 3.70. The van der Waals surface area contributed by atoms with Crippen molar-refractivity contribution in [1.29, 1.82) is 0 Å². The van der Waals surface area contributed by atoms with Crippen LogP contribution in [-0.4, -0.2) is 41.9 Å². The number of hydrogen-bond acceptors (Lipinski definition) is 4. The van der Waals surface area contributed by atoms with Crippen molar-refractivity contribution in [2.45, 2.75) is 44.7 Å². The van der Waals surface area contributed by atoms with Gasteiger partial charge in [-0.2, -0.15) is 0 Å². The third kappa shape index (κ3) is 4.74. The summed E-state index contributed by atoms with van der Waals surface area (Å²) in [5.74, 6) is -0.0346. The molecule has 0 aromatic carbocycles. The molecule has 22 heavy (non-hydrogen) atoms. The number of hydrogen-bond donors (Lipinski definition) is 2. The third-order valence-corrected chi connectivity index (χ3v) is 3.70. The minimum Gasteiger partial charge on any atom is -0.459 e. The van der Waals surface area contributed by atoms with Crippen LogP contribution in [-0.2, 0) is 4.79 Å². The van der Waals surface area contributed by atoms with Crippen LogP contribution in [0.4, 0.5) is 0 Å². The molecule has 2 rings (SSSR count). The number of nitrogens with one attached hydrogen (secondary N) is 1. The molecular formula is C15H24ClN3O3. The molecule has 0 aliphatic carbocycles.